The molecule has 0 aromatic heterocycles. The van der Waals surface area contributed by atoms with Gasteiger partial charge >= 0.3 is 0 Å². The van der Waals surface area contributed by atoms with Crippen LogP contribution in [0.3, 0.4) is 0 Å². The van der Waals surface area contributed by atoms with Crippen LogP contribution < -0.4 is 19.1 Å². The van der Waals surface area contributed by atoms with Gasteiger partial charge in [-0.3, -0.25) is 4.79 Å². The third-order valence-electron chi connectivity index (χ3n) is 3.39. The molecule has 0 saturated heterocycles. The van der Waals surface area contributed by atoms with Crippen LogP contribution in [-0.2, 0) is 0 Å². The molecule has 5 heteroatoms. The normalized spacial score (nSPS) is 10.0. The largest absolute Gasteiger partial charge is 0.497 e. The summed E-state index contributed by atoms with van der Waals surface area (Å²) in [7, 11) is 6.33. The molecule has 0 saturated carbocycles. The zero-order chi connectivity index (χ0) is 16.1. The van der Waals surface area contributed by atoms with Crippen molar-refractivity contribution >= 4 is 11.6 Å². The summed E-state index contributed by atoms with van der Waals surface area (Å²) in [6, 6.07) is 12.5. The molecule has 0 N–H and O–H groups in total. The fourth-order valence-electron chi connectivity index (χ4n) is 2.17. The van der Waals surface area contributed by atoms with Crippen LogP contribution in [0.25, 0.3) is 0 Å². The Kier molecular flexibility index (Phi) is 4.88. The molecule has 0 fully saturated rings. The third kappa shape index (κ3) is 2.98. The van der Waals surface area contributed by atoms with E-state index < -0.39 is 0 Å². The van der Waals surface area contributed by atoms with E-state index in [4.69, 9.17) is 14.2 Å². The van der Waals surface area contributed by atoms with Crippen molar-refractivity contribution < 1.29 is 19.0 Å². The molecule has 0 aliphatic heterocycles. The highest BCUT2D eigenvalue weighted by molar-refractivity contribution is 6.09. The van der Waals surface area contributed by atoms with E-state index in [1.165, 1.54) is 19.1 Å². The maximum atomic E-state index is 12.8. The number of anilines is 1. The molecule has 2 aromatic carbocycles. The fraction of sp³-hybridized carbons (Fsp3) is 0.235. The first-order valence-corrected chi connectivity index (χ1v) is 6.75. The first-order chi connectivity index (χ1) is 10.6. The van der Waals surface area contributed by atoms with Crippen molar-refractivity contribution in [2.45, 2.75) is 0 Å². The van der Waals surface area contributed by atoms with Crippen molar-refractivity contribution in [3.8, 4) is 17.2 Å². The molecule has 116 valence electrons. The summed E-state index contributed by atoms with van der Waals surface area (Å²) in [6.07, 6.45) is 0. The molecule has 0 radical (unpaired) electrons. The number of carbonyl (C=O) groups excluding carboxylic acids is 1. The molecular formula is C17H19NO4. The summed E-state index contributed by atoms with van der Waals surface area (Å²) in [5.74, 6) is 1.41. The number of ether oxygens (including phenoxy) is 3. The molecule has 5 nitrogen and oxygen atoms in total. The molecule has 2 rings (SSSR count). The van der Waals surface area contributed by atoms with Crippen molar-refractivity contribution in [3.63, 3.8) is 0 Å². The van der Waals surface area contributed by atoms with E-state index >= 15 is 0 Å². The van der Waals surface area contributed by atoms with Crippen LogP contribution in [0.2, 0.25) is 0 Å². The Labute approximate surface area is 130 Å². The minimum absolute atomic E-state index is 0.220. The summed E-state index contributed by atoms with van der Waals surface area (Å²) in [4.78, 5) is 14.4. The van der Waals surface area contributed by atoms with Crippen molar-refractivity contribution in [3.05, 3.63) is 48.0 Å². The second kappa shape index (κ2) is 6.85. The van der Waals surface area contributed by atoms with Crippen LogP contribution in [0.1, 0.15) is 10.4 Å². The lowest BCUT2D eigenvalue weighted by molar-refractivity contribution is 0.0987. The minimum Gasteiger partial charge on any atom is -0.497 e. The molecule has 0 aliphatic rings. The predicted molar refractivity (Wildman–Crippen MR) is 85.3 cm³/mol. The van der Waals surface area contributed by atoms with E-state index in [2.05, 4.69) is 0 Å². The molecule has 1 amide bonds. The van der Waals surface area contributed by atoms with Gasteiger partial charge in [-0.15, -0.1) is 0 Å². The van der Waals surface area contributed by atoms with E-state index in [1.54, 1.807) is 38.4 Å². The summed E-state index contributed by atoms with van der Waals surface area (Å²) < 4.78 is 15.8. The number of nitrogens with zero attached hydrogens (tertiary/aromatic N) is 1. The highest BCUT2D eigenvalue weighted by Gasteiger charge is 2.22. The number of hydrogen-bond acceptors (Lipinski definition) is 4. The van der Waals surface area contributed by atoms with Gasteiger partial charge in [0.1, 0.15) is 22.8 Å². The molecule has 0 spiro atoms. The number of rotatable bonds is 5. The van der Waals surface area contributed by atoms with E-state index in [1.807, 2.05) is 18.2 Å². The Morgan fingerprint density at radius 3 is 2.05 bits per heavy atom. The van der Waals surface area contributed by atoms with Gasteiger partial charge in [0.05, 0.1) is 21.3 Å². The first-order valence-electron chi connectivity index (χ1n) is 6.75. The zero-order valence-corrected chi connectivity index (χ0v) is 13.1. The summed E-state index contributed by atoms with van der Waals surface area (Å²) in [5, 5.41) is 0. The van der Waals surface area contributed by atoms with E-state index in [0.717, 1.165) is 5.69 Å². The van der Waals surface area contributed by atoms with Gasteiger partial charge in [-0.1, -0.05) is 12.1 Å². The summed E-state index contributed by atoms with van der Waals surface area (Å²) in [6.45, 7) is 0. The third-order valence-corrected chi connectivity index (χ3v) is 3.39. The van der Waals surface area contributed by atoms with Crippen LogP contribution in [0.4, 0.5) is 5.69 Å². The quantitative estimate of drug-likeness (QED) is 0.852. The topological polar surface area (TPSA) is 48.0 Å². The number of methoxy groups -OCH3 is 3. The van der Waals surface area contributed by atoms with Gasteiger partial charge in [-0.05, 0) is 24.3 Å². The average molecular weight is 301 g/mol. The monoisotopic (exact) mass is 301 g/mol. The van der Waals surface area contributed by atoms with Gasteiger partial charge in [0.15, 0.2) is 0 Å². The summed E-state index contributed by atoms with van der Waals surface area (Å²) >= 11 is 0. The van der Waals surface area contributed by atoms with Crippen molar-refractivity contribution in [2.75, 3.05) is 33.3 Å². The van der Waals surface area contributed by atoms with Gasteiger partial charge in [0.25, 0.3) is 5.91 Å². The second-order valence-corrected chi connectivity index (χ2v) is 4.60. The van der Waals surface area contributed by atoms with Gasteiger partial charge in [0, 0.05) is 18.8 Å². The maximum Gasteiger partial charge on any atom is 0.265 e. The smallest absolute Gasteiger partial charge is 0.265 e. The van der Waals surface area contributed by atoms with Crippen molar-refractivity contribution in [2.24, 2.45) is 0 Å². The van der Waals surface area contributed by atoms with Gasteiger partial charge in [-0.25, -0.2) is 0 Å². The minimum atomic E-state index is -0.220. The lowest BCUT2D eigenvalue weighted by atomic mass is 10.1. The summed E-state index contributed by atoms with van der Waals surface area (Å²) in [5.41, 5.74) is 1.11. The lowest BCUT2D eigenvalue weighted by Crippen LogP contribution is -2.27. The number of carbonyl (C=O) groups is 1. The molecule has 2 aromatic rings. The van der Waals surface area contributed by atoms with Crippen LogP contribution in [0.5, 0.6) is 17.2 Å². The van der Waals surface area contributed by atoms with Crippen LogP contribution in [0.15, 0.2) is 42.5 Å². The SMILES string of the molecule is COc1cccc(N(C)C(=O)c2c(OC)cccc2OC)c1. The van der Waals surface area contributed by atoms with Gasteiger partial charge in [-0.2, -0.15) is 0 Å². The van der Waals surface area contributed by atoms with Crippen molar-refractivity contribution in [1.82, 2.24) is 0 Å². The average Bonchev–Trinajstić information content (AvgIpc) is 2.59. The lowest BCUT2D eigenvalue weighted by Gasteiger charge is -2.20. The zero-order valence-electron chi connectivity index (χ0n) is 13.1. The Morgan fingerprint density at radius 2 is 1.50 bits per heavy atom. The molecule has 0 unspecified atom stereocenters. The highest BCUT2D eigenvalue weighted by atomic mass is 16.5. The number of amides is 1. The van der Waals surface area contributed by atoms with Gasteiger partial charge < -0.3 is 19.1 Å². The molecule has 0 atom stereocenters. The van der Waals surface area contributed by atoms with Crippen molar-refractivity contribution in [1.29, 1.82) is 0 Å². The number of benzene rings is 2. The van der Waals surface area contributed by atoms with Crippen LogP contribution in [0, 0.1) is 0 Å². The fourth-order valence-corrected chi connectivity index (χ4v) is 2.17. The maximum absolute atomic E-state index is 12.8. The first kappa shape index (κ1) is 15.7. The second-order valence-electron chi connectivity index (χ2n) is 4.60. The van der Waals surface area contributed by atoms with Crippen LogP contribution >= 0.6 is 0 Å². The molecule has 22 heavy (non-hydrogen) atoms. The Hall–Kier alpha value is -2.69. The molecule has 0 heterocycles. The molecular weight excluding hydrogens is 282 g/mol. The van der Waals surface area contributed by atoms with Crippen LogP contribution in [-0.4, -0.2) is 34.3 Å². The van der Waals surface area contributed by atoms with E-state index in [0.29, 0.717) is 22.8 Å². The Bertz CT molecular complexity index is 647. The molecule has 0 aliphatic carbocycles. The van der Waals surface area contributed by atoms with E-state index in [9.17, 15) is 4.79 Å². The van der Waals surface area contributed by atoms with E-state index in [-0.39, 0.29) is 5.91 Å². The molecule has 0 bridgehead atoms. The highest BCUT2D eigenvalue weighted by Crippen LogP contribution is 2.31. The Morgan fingerprint density at radius 1 is 0.909 bits per heavy atom. The predicted octanol–water partition coefficient (Wildman–Crippen LogP) is 2.99. The Balaban J connectivity index is 2.42. The van der Waals surface area contributed by atoms with Gasteiger partial charge in [0.2, 0.25) is 0 Å². The standard InChI is InChI=1S/C17H19NO4/c1-18(12-7-5-8-13(11-12)20-2)17(19)16-14(21-3)9-6-10-15(16)22-4/h5-11H,1-4H3. The number of hydrogen-bond donors (Lipinski definition) is 0.